The lowest BCUT2D eigenvalue weighted by atomic mass is 9.79. The summed E-state index contributed by atoms with van der Waals surface area (Å²) in [7, 11) is 0. The highest BCUT2D eigenvalue weighted by Crippen LogP contribution is 2.33. The number of aromatic nitrogens is 2. The minimum Gasteiger partial charge on any atom is -0.345 e. The maximum Gasteiger partial charge on any atom is 0.120 e. The fourth-order valence-electron chi connectivity index (χ4n) is 2.13. The van der Waals surface area contributed by atoms with Gasteiger partial charge >= 0.3 is 0 Å². The van der Waals surface area contributed by atoms with E-state index in [9.17, 15) is 0 Å². The Balaban J connectivity index is 1.85. The number of nitrogens with zero attached hydrogens (tertiary/aromatic N) is 2. The van der Waals surface area contributed by atoms with Crippen molar-refractivity contribution in [3.05, 3.63) is 17.7 Å². The van der Waals surface area contributed by atoms with Crippen molar-refractivity contribution in [1.29, 1.82) is 0 Å². The van der Waals surface area contributed by atoms with Gasteiger partial charge in [-0.3, -0.25) is 4.90 Å². The van der Waals surface area contributed by atoms with Gasteiger partial charge in [0.1, 0.15) is 5.82 Å². The number of hydrogen-bond donors (Lipinski definition) is 1. The molecule has 0 unspecified atom stereocenters. The number of H-pyrrole nitrogens is 1. The molecule has 1 saturated heterocycles. The van der Waals surface area contributed by atoms with E-state index in [2.05, 4.69) is 28.7 Å². The van der Waals surface area contributed by atoms with Crippen LogP contribution in [0.4, 0.5) is 0 Å². The average Bonchev–Trinajstić information content (AvgIpc) is 2.48. The fourth-order valence-corrected chi connectivity index (χ4v) is 2.13. The first kappa shape index (κ1) is 9.71. The first-order valence-electron chi connectivity index (χ1n) is 5.34. The molecule has 14 heavy (non-hydrogen) atoms. The lowest BCUT2D eigenvalue weighted by Gasteiger charge is -2.47. The fraction of sp³-hybridized carbons (Fsp3) is 0.727. The summed E-state index contributed by atoms with van der Waals surface area (Å²) in [5.74, 6) is 1.10. The second-order valence-electron chi connectivity index (χ2n) is 4.82. The molecule has 1 aliphatic heterocycles. The van der Waals surface area contributed by atoms with Crippen molar-refractivity contribution in [2.24, 2.45) is 5.41 Å². The quantitative estimate of drug-likeness (QED) is 0.795. The van der Waals surface area contributed by atoms with E-state index in [1.807, 2.05) is 13.1 Å². The Kier molecular flexibility index (Phi) is 2.35. The molecule has 1 aromatic rings. The van der Waals surface area contributed by atoms with Gasteiger partial charge in [0.25, 0.3) is 0 Å². The zero-order chi connectivity index (χ0) is 10.2. The van der Waals surface area contributed by atoms with Gasteiger partial charge in [-0.2, -0.15) is 0 Å². The lowest BCUT2D eigenvalue weighted by molar-refractivity contribution is 0.00451. The molecule has 3 heteroatoms. The zero-order valence-electron chi connectivity index (χ0n) is 9.30. The molecule has 1 aromatic heterocycles. The summed E-state index contributed by atoms with van der Waals surface area (Å²) in [5.41, 5.74) is 1.71. The normalized spacial score (nSPS) is 20.8. The largest absolute Gasteiger partial charge is 0.345 e. The van der Waals surface area contributed by atoms with Crippen LogP contribution in [0.3, 0.4) is 0 Å². The predicted molar refractivity (Wildman–Crippen MR) is 57.0 cm³/mol. The minimum absolute atomic E-state index is 0.557. The van der Waals surface area contributed by atoms with Crippen molar-refractivity contribution in [2.45, 2.75) is 33.7 Å². The van der Waals surface area contributed by atoms with Gasteiger partial charge in [0.15, 0.2) is 0 Å². The molecular weight excluding hydrogens is 174 g/mol. The van der Waals surface area contributed by atoms with Crippen LogP contribution in [-0.4, -0.2) is 28.0 Å². The van der Waals surface area contributed by atoms with E-state index in [4.69, 9.17) is 0 Å². The highest BCUT2D eigenvalue weighted by Gasteiger charge is 2.36. The highest BCUT2D eigenvalue weighted by molar-refractivity contribution is 5.00. The van der Waals surface area contributed by atoms with Crippen molar-refractivity contribution in [2.75, 3.05) is 13.1 Å². The number of imidazole rings is 1. The van der Waals surface area contributed by atoms with Crippen molar-refractivity contribution in [1.82, 2.24) is 14.9 Å². The Morgan fingerprint density at radius 3 is 2.79 bits per heavy atom. The van der Waals surface area contributed by atoms with E-state index in [1.165, 1.54) is 19.5 Å². The van der Waals surface area contributed by atoms with Gasteiger partial charge in [-0.25, -0.2) is 4.98 Å². The number of rotatable bonds is 3. The molecule has 78 valence electrons. The third kappa shape index (κ3) is 1.82. The molecule has 1 N–H and O–H groups in total. The second-order valence-corrected chi connectivity index (χ2v) is 4.82. The molecule has 0 aromatic carbocycles. The van der Waals surface area contributed by atoms with Gasteiger partial charge in [0, 0.05) is 25.0 Å². The molecular formula is C11H19N3. The van der Waals surface area contributed by atoms with Crippen LogP contribution in [0.25, 0.3) is 0 Å². The number of aromatic amines is 1. The van der Waals surface area contributed by atoms with Gasteiger partial charge in [-0.05, 0) is 18.8 Å². The smallest absolute Gasteiger partial charge is 0.120 e. The van der Waals surface area contributed by atoms with Crippen LogP contribution in [0.2, 0.25) is 0 Å². The van der Waals surface area contributed by atoms with E-state index in [-0.39, 0.29) is 0 Å². The van der Waals surface area contributed by atoms with Gasteiger partial charge in [-0.15, -0.1) is 0 Å². The van der Waals surface area contributed by atoms with Crippen LogP contribution in [0, 0.1) is 12.3 Å². The molecule has 0 radical (unpaired) electrons. The Morgan fingerprint density at radius 1 is 1.57 bits per heavy atom. The minimum atomic E-state index is 0.557. The molecule has 0 saturated carbocycles. The molecule has 3 nitrogen and oxygen atoms in total. The molecule has 2 heterocycles. The molecule has 0 aliphatic carbocycles. The van der Waals surface area contributed by atoms with Gasteiger partial charge in [0.2, 0.25) is 0 Å². The third-order valence-corrected chi connectivity index (χ3v) is 3.19. The van der Waals surface area contributed by atoms with Crippen molar-refractivity contribution >= 4 is 0 Å². The van der Waals surface area contributed by atoms with Crippen LogP contribution >= 0.6 is 0 Å². The SMILES string of the molecule is CCC1(C)CN(Cc2ncc(C)[nH]2)C1. The number of likely N-dealkylation sites (tertiary alicyclic amines) is 1. The summed E-state index contributed by atoms with van der Waals surface area (Å²) in [6.07, 6.45) is 3.18. The summed E-state index contributed by atoms with van der Waals surface area (Å²) in [4.78, 5) is 10.0. The van der Waals surface area contributed by atoms with E-state index in [0.717, 1.165) is 18.1 Å². The Labute approximate surface area is 85.5 Å². The van der Waals surface area contributed by atoms with Crippen LogP contribution in [0.1, 0.15) is 31.8 Å². The first-order valence-corrected chi connectivity index (χ1v) is 5.34. The first-order chi connectivity index (χ1) is 6.61. The second kappa shape index (κ2) is 3.39. The Hall–Kier alpha value is -0.830. The zero-order valence-corrected chi connectivity index (χ0v) is 9.30. The molecule has 0 bridgehead atoms. The van der Waals surface area contributed by atoms with E-state index >= 15 is 0 Å². The summed E-state index contributed by atoms with van der Waals surface area (Å²) in [6, 6.07) is 0. The van der Waals surface area contributed by atoms with Crippen molar-refractivity contribution < 1.29 is 0 Å². The van der Waals surface area contributed by atoms with Crippen molar-refractivity contribution in [3.63, 3.8) is 0 Å². The molecule has 2 rings (SSSR count). The highest BCUT2D eigenvalue weighted by atomic mass is 15.2. The predicted octanol–water partition coefficient (Wildman–Crippen LogP) is 1.95. The van der Waals surface area contributed by atoms with Gasteiger partial charge < -0.3 is 4.98 Å². The average molecular weight is 193 g/mol. The summed E-state index contributed by atoms with van der Waals surface area (Å²) >= 11 is 0. The third-order valence-electron chi connectivity index (χ3n) is 3.19. The van der Waals surface area contributed by atoms with E-state index < -0.39 is 0 Å². The van der Waals surface area contributed by atoms with Crippen LogP contribution < -0.4 is 0 Å². The van der Waals surface area contributed by atoms with E-state index in [1.54, 1.807) is 0 Å². The van der Waals surface area contributed by atoms with E-state index in [0.29, 0.717) is 5.41 Å². The standard InChI is InChI=1S/C11H19N3/c1-4-11(3)7-14(8-11)6-10-12-5-9(2)13-10/h5H,4,6-8H2,1-3H3,(H,12,13). The topological polar surface area (TPSA) is 31.9 Å². The van der Waals surface area contributed by atoms with Crippen molar-refractivity contribution in [3.8, 4) is 0 Å². The number of hydrogen-bond acceptors (Lipinski definition) is 2. The van der Waals surface area contributed by atoms with Crippen LogP contribution in [0.5, 0.6) is 0 Å². The molecule has 1 aliphatic rings. The number of aryl methyl sites for hydroxylation is 1. The monoisotopic (exact) mass is 193 g/mol. The number of nitrogens with one attached hydrogen (secondary N) is 1. The van der Waals surface area contributed by atoms with Crippen LogP contribution in [0.15, 0.2) is 6.20 Å². The summed E-state index contributed by atoms with van der Waals surface area (Å²) in [5, 5.41) is 0. The lowest BCUT2D eigenvalue weighted by Crippen LogP contribution is -2.53. The summed E-state index contributed by atoms with van der Waals surface area (Å²) < 4.78 is 0. The Morgan fingerprint density at radius 2 is 2.29 bits per heavy atom. The molecule has 1 fully saturated rings. The molecule has 0 spiro atoms. The van der Waals surface area contributed by atoms with Crippen LogP contribution in [-0.2, 0) is 6.54 Å². The maximum atomic E-state index is 4.31. The van der Waals surface area contributed by atoms with Gasteiger partial charge in [0.05, 0.1) is 6.54 Å². The van der Waals surface area contributed by atoms with Gasteiger partial charge in [-0.1, -0.05) is 13.8 Å². The maximum absolute atomic E-state index is 4.31. The molecule has 0 atom stereocenters. The summed E-state index contributed by atoms with van der Waals surface area (Å²) in [6.45, 7) is 10.1. The molecule has 0 amide bonds. The Bertz CT molecular complexity index is 310.